The number of halogens is 1. The highest BCUT2D eigenvalue weighted by molar-refractivity contribution is 5.78. The molecule has 1 saturated heterocycles. The lowest BCUT2D eigenvalue weighted by Gasteiger charge is -2.20. The molecule has 9 heteroatoms. The predicted molar refractivity (Wildman–Crippen MR) is 127 cm³/mol. The molecule has 0 unspecified atom stereocenters. The van der Waals surface area contributed by atoms with Gasteiger partial charge in [0, 0.05) is 37.8 Å². The smallest absolute Gasteiger partial charge is 0.160 e. The first kappa shape index (κ1) is 21.5. The van der Waals surface area contributed by atoms with Crippen LogP contribution in [0.15, 0.2) is 30.3 Å². The number of rotatable bonds is 6. The zero-order valence-corrected chi connectivity index (χ0v) is 19.1. The fourth-order valence-corrected chi connectivity index (χ4v) is 4.17. The van der Waals surface area contributed by atoms with Gasteiger partial charge in [0.05, 0.1) is 22.3 Å². The highest BCUT2D eigenvalue weighted by atomic mass is 19.1. The minimum atomic E-state index is -0.765. The average molecular weight is 450 g/mol. The molecule has 0 atom stereocenters. The van der Waals surface area contributed by atoms with Gasteiger partial charge in [-0.2, -0.15) is 9.61 Å². The molecule has 3 aromatic heterocycles. The van der Waals surface area contributed by atoms with Crippen molar-refractivity contribution >= 4 is 28.3 Å². The second-order valence-electron chi connectivity index (χ2n) is 9.27. The summed E-state index contributed by atoms with van der Waals surface area (Å²) in [6, 6.07) is 8.30. The number of fused-ring (bicyclic) bond motifs is 2. The molecule has 1 aromatic carbocycles. The molecule has 1 fully saturated rings. The van der Waals surface area contributed by atoms with Crippen molar-refractivity contribution in [3.8, 4) is 11.4 Å². The van der Waals surface area contributed by atoms with Crippen molar-refractivity contribution in [3.63, 3.8) is 0 Å². The summed E-state index contributed by atoms with van der Waals surface area (Å²) in [6.45, 7) is 8.01. The first-order chi connectivity index (χ1) is 15.8. The van der Waals surface area contributed by atoms with Gasteiger partial charge in [0.2, 0.25) is 0 Å². The van der Waals surface area contributed by atoms with Crippen molar-refractivity contribution < 1.29 is 9.50 Å². The Morgan fingerprint density at radius 3 is 2.61 bits per heavy atom. The topological polar surface area (TPSA) is 91.5 Å². The van der Waals surface area contributed by atoms with E-state index in [1.54, 1.807) is 24.4 Å². The van der Waals surface area contributed by atoms with Crippen LogP contribution in [0.4, 0.5) is 16.0 Å². The largest absolute Gasteiger partial charge is 0.390 e. The van der Waals surface area contributed by atoms with Gasteiger partial charge in [0.15, 0.2) is 5.65 Å². The van der Waals surface area contributed by atoms with E-state index in [1.165, 1.54) is 12.1 Å². The summed E-state index contributed by atoms with van der Waals surface area (Å²) < 4.78 is 15.5. The summed E-state index contributed by atoms with van der Waals surface area (Å²) in [5, 5.41) is 18.3. The van der Waals surface area contributed by atoms with Gasteiger partial charge in [-0.15, -0.1) is 0 Å². The summed E-state index contributed by atoms with van der Waals surface area (Å²) in [5.74, 6) is 1.35. The minimum Gasteiger partial charge on any atom is -0.390 e. The highest BCUT2D eigenvalue weighted by Crippen LogP contribution is 2.28. The Hall–Kier alpha value is -3.33. The van der Waals surface area contributed by atoms with Crippen LogP contribution in [0.25, 0.3) is 28.1 Å². The standard InChI is InChI=1S/C24H28FN7O/c1-15-23(28-18-12-16(25)6-7-17(18)27-15)19-13-22-29-21(31-10-4-5-11-31)14-20(32(22)30-19)26-9-8-24(2,3)33/h6-7,12-14,26,33H,4-5,8-11H2,1-3H3. The van der Waals surface area contributed by atoms with Crippen LogP contribution >= 0.6 is 0 Å². The van der Waals surface area contributed by atoms with E-state index in [-0.39, 0.29) is 5.82 Å². The van der Waals surface area contributed by atoms with Crippen LogP contribution in [0.3, 0.4) is 0 Å². The van der Waals surface area contributed by atoms with Crippen molar-refractivity contribution in [2.75, 3.05) is 29.9 Å². The van der Waals surface area contributed by atoms with Gasteiger partial charge in [0.1, 0.15) is 28.8 Å². The summed E-state index contributed by atoms with van der Waals surface area (Å²) in [7, 11) is 0. The molecule has 2 N–H and O–H groups in total. The molecule has 4 aromatic rings. The van der Waals surface area contributed by atoms with Crippen molar-refractivity contribution in [2.24, 2.45) is 0 Å². The minimum absolute atomic E-state index is 0.350. The lowest BCUT2D eigenvalue weighted by Crippen LogP contribution is -2.24. The molecule has 4 heterocycles. The third-order valence-electron chi connectivity index (χ3n) is 5.93. The number of nitrogens with one attached hydrogen (secondary N) is 1. The van der Waals surface area contributed by atoms with Gasteiger partial charge < -0.3 is 15.3 Å². The van der Waals surface area contributed by atoms with Crippen molar-refractivity contribution in [2.45, 2.75) is 45.6 Å². The molecular formula is C24H28FN7O. The van der Waals surface area contributed by atoms with E-state index in [0.29, 0.717) is 46.7 Å². The number of anilines is 2. The molecule has 1 aliphatic rings. The maximum atomic E-state index is 13.8. The number of aromatic nitrogens is 5. The van der Waals surface area contributed by atoms with Gasteiger partial charge in [-0.3, -0.25) is 0 Å². The average Bonchev–Trinajstić information content (AvgIpc) is 3.42. The fourth-order valence-electron chi connectivity index (χ4n) is 4.17. The molecule has 0 spiro atoms. The van der Waals surface area contributed by atoms with E-state index in [9.17, 15) is 9.50 Å². The maximum absolute atomic E-state index is 13.8. The number of nitrogens with zero attached hydrogens (tertiary/aromatic N) is 6. The molecule has 0 aliphatic carbocycles. The Labute approximate surface area is 191 Å². The normalized spacial score (nSPS) is 14.5. The molecule has 0 radical (unpaired) electrons. The van der Waals surface area contributed by atoms with Crippen LogP contribution < -0.4 is 10.2 Å². The molecule has 0 saturated carbocycles. The van der Waals surface area contributed by atoms with Gasteiger partial charge >= 0.3 is 0 Å². The Balaban J connectivity index is 1.59. The Kier molecular flexibility index (Phi) is 5.36. The second-order valence-corrected chi connectivity index (χ2v) is 9.27. The molecule has 1 aliphatic heterocycles. The van der Waals surface area contributed by atoms with E-state index in [1.807, 2.05) is 19.1 Å². The van der Waals surface area contributed by atoms with Gasteiger partial charge in [-0.25, -0.2) is 19.3 Å². The number of hydrogen-bond donors (Lipinski definition) is 2. The van der Waals surface area contributed by atoms with Gasteiger partial charge in [-0.1, -0.05) is 0 Å². The maximum Gasteiger partial charge on any atom is 0.160 e. The Bertz CT molecular complexity index is 1320. The Morgan fingerprint density at radius 2 is 1.85 bits per heavy atom. The van der Waals surface area contributed by atoms with E-state index in [2.05, 4.69) is 20.2 Å². The summed E-state index contributed by atoms with van der Waals surface area (Å²) >= 11 is 0. The number of aryl methyl sites for hydroxylation is 1. The molecule has 0 bridgehead atoms. The van der Waals surface area contributed by atoms with Crippen LogP contribution in [-0.4, -0.2) is 54.9 Å². The van der Waals surface area contributed by atoms with Gasteiger partial charge in [0.25, 0.3) is 0 Å². The van der Waals surface area contributed by atoms with Crippen molar-refractivity contribution in [1.82, 2.24) is 24.6 Å². The van der Waals surface area contributed by atoms with Crippen LogP contribution in [0.5, 0.6) is 0 Å². The van der Waals surface area contributed by atoms with Crippen LogP contribution in [0.1, 0.15) is 38.8 Å². The zero-order valence-electron chi connectivity index (χ0n) is 19.1. The van der Waals surface area contributed by atoms with E-state index < -0.39 is 5.60 Å². The number of hydrogen-bond acceptors (Lipinski definition) is 7. The molecule has 172 valence electrons. The first-order valence-corrected chi connectivity index (χ1v) is 11.3. The lowest BCUT2D eigenvalue weighted by molar-refractivity contribution is 0.0748. The number of benzene rings is 1. The summed E-state index contributed by atoms with van der Waals surface area (Å²) in [6.07, 6.45) is 2.90. The predicted octanol–water partition coefficient (Wildman–Crippen LogP) is 3.96. The summed E-state index contributed by atoms with van der Waals surface area (Å²) in [4.78, 5) is 16.4. The Morgan fingerprint density at radius 1 is 1.06 bits per heavy atom. The van der Waals surface area contributed by atoms with Crippen LogP contribution in [-0.2, 0) is 0 Å². The van der Waals surface area contributed by atoms with E-state index in [4.69, 9.17) is 10.1 Å². The second kappa shape index (κ2) is 8.22. The number of aliphatic hydroxyl groups is 1. The van der Waals surface area contributed by atoms with Gasteiger partial charge in [-0.05, 0) is 52.2 Å². The summed E-state index contributed by atoms with van der Waals surface area (Å²) in [5.41, 5.74) is 3.01. The SMILES string of the molecule is Cc1nc2ccc(F)cc2nc1-c1cc2nc(N3CCCC3)cc(NCCC(C)(C)O)n2n1. The van der Waals surface area contributed by atoms with E-state index in [0.717, 1.165) is 37.6 Å². The quantitative estimate of drug-likeness (QED) is 0.460. The molecular weight excluding hydrogens is 421 g/mol. The molecule has 0 amide bonds. The lowest BCUT2D eigenvalue weighted by atomic mass is 10.1. The first-order valence-electron chi connectivity index (χ1n) is 11.3. The molecule has 8 nitrogen and oxygen atoms in total. The van der Waals surface area contributed by atoms with Crippen molar-refractivity contribution in [3.05, 3.63) is 41.8 Å². The molecule has 33 heavy (non-hydrogen) atoms. The van der Waals surface area contributed by atoms with Crippen LogP contribution in [0, 0.1) is 12.7 Å². The fraction of sp³-hybridized carbons (Fsp3) is 0.417. The zero-order chi connectivity index (χ0) is 23.2. The monoisotopic (exact) mass is 449 g/mol. The molecule has 5 rings (SSSR count). The van der Waals surface area contributed by atoms with E-state index >= 15 is 0 Å². The third kappa shape index (κ3) is 4.45. The van der Waals surface area contributed by atoms with Crippen molar-refractivity contribution in [1.29, 1.82) is 0 Å². The van der Waals surface area contributed by atoms with Crippen LogP contribution in [0.2, 0.25) is 0 Å². The highest BCUT2D eigenvalue weighted by Gasteiger charge is 2.20. The third-order valence-corrected chi connectivity index (χ3v) is 5.93.